The zero-order chi connectivity index (χ0) is 21.1. The number of ether oxygens (including phenoxy) is 8. The Kier molecular flexibility index (Phi) is 6.52. The van der Waals surface area contributed by atoms with Gasteiger partial charge < -0.3 is 43.2 Å². The number of amides is 1. The fourth-order valence-electron chi connectivity index (χ4n) is 3.90. The van der Waals surface area contributed by atoms with E-state index in [1.54, 1.807) is 13.2 Å². The molecular weight excluding hydrogens is 398 g/mol. The van der Waals surface area contributed by atoms with Crippen LogP contribution in [0.15, 0.2) is 18.2 Å². The van der Waals surface area contributed by atoms with Crippen LogP contribution >= 0.6 is 0 Å². The second kappa shape index (κ2) is 9.29. The summed E-state index contributed by atoms with van der Waals surface area (Å²) in [7, 11) is 4.60. The molecule has 4 rings (SSSR count). The maximum Gasteiger partial charge on any atom is 0.252 e. The molecule has 2 heterocycles. The van der Waals surface area contributed by atoms with Gasteiger partial charge in [0.15, 0.2) is 11.5 Å². The molecule has 2 aliphatic heterocycles. The molecule has 0 radical (unpaired) electrons. The van der Waals surface area contributed by atoms with Gasteiger partial charge in [0, 0.05) is 21.3 Å². The largest absolute Gasteiger partial charge is 0.454 e. The summed E-state index contributed by atoms with van der Waals surface area (Å²) >= 11 is 0. The molecule has 10 heteroatoms. The molecule has 1 amide bonds. The van der Waals surface area contributed by atoms with Crippen LogP contribution in [0.25, 0.3) is 5.57 Å². The molecule has 1 aromatic carbocycles. The van der Waals surface area contributed by atoms with Gasteiger partial charge in [-0.15, -0.1) is 0 Å². The van der Waals surface area contributed by atoms with Gasteiger partial charge in [0.1, 0.15) is 38.7 Å². The first kappa shape index (κ1) is 21.0. The molecule has 30 heavy (non-hydrogen) atoms. The van der Waals surface area contributed by atoms with Crippen molar-refractivity contribution < 1.29 is 42.7 Å². The molecule has 3 aliphatic rings. The fourth-order valence-corrected chi connectivity index (χ4v) is 3.90. The van der Waals surface area contributed by atoms with Crippen molar-refractivity contribution in [2.75, 3.05) is 48.5 Å². The van der Waals surface area contributed by atoms with Crippen molar-refractivity contribution in [3.05, 3.63) is 29.3 Å². The van der Waals surface area contributed by atoms with Crippen LogP contribution in [0.4, 0.5) is 0 Å². The summed E-state index contributed by atoms with van der Waals surface area (Å²) in [5.74, 6) is 0.891. The first-order valence-corrected chi connectivity index (χ1v) is 9.46. The summed E-state index contributed by atoms with van der Waals surface area (Å²) in [6, 6.07) is 3.02. The molecule has 0 saturated carbocycles. The molecule has 1 aromatic rings. The van der Waals surface area contributed by atoms with Crippen molar-refractivity contribution in [3.8, 4) is 11.5 Å². The Balaban J connectivity index is 1.77. The first-order chi connectivity index (χ1) is 14.7. The van der Waals surface area contributed by atoms with Gasteiger partial charge in [0.05, 0.1) is 11.6 Å². The third kappa shape index (κ3) is 3.89. The number of benzene rings is 1. The Bertz CT molecular complexity index is 812. The third-order valence-electron chi connectivity index (χ3n) is 5.15. The zero-order valence-corrected chi connectivity index (χ0v) is 17.0. The van der Waals surface area contributed by atoms with Gasteiger partial charge in [-0.2, -0.15) is 0 Å². The molecule has 1 aliphatic carbocycles. The topological polar surface area (TPSA) is 103 Å². The van der Waals surface area contributed by atoms with Crippen LogP contribution in [0.5, 0.6) is 11.5 Å². The Morgan fingerprint density at radius 1 is 0.900 bits per heavy atom. The predicted molar refractivity (Wildman–Crippen MR) is 102 cm³/mol. The molecule has 4 atom stereocenters. The number of carbonyl (C=O) groups is 1. The number of nitrogens with one attached hydrogen (secondary N) is 1. The number of carbonyl (C=O) groups excluding carboxylic acids is 1. The van der Waals surface area contributed by atoms with Crippen LogP contribution in [-0.2, 0) is 28.4 Å². The van der Waals surface area contributed by atoms with Gasteiger partial charge in [-0.05, 0) is 29.3 Å². The monoisotopic (exact) mass is 423 g/mol. The number of fused-ring (bicyclic) bond motifs is 4. The Morgan fingerprint density at radius 2 is 1.50 bits per heavy atom. The summed E-state index contributed by atoms with van der Waals surface area (Å²) in [5.41, 5.74) is 2.06. The van der Waals surface area contributed by atoms with Crippen LogP contribution in [-0.4, -0.2) is 78.8 Å². The minimum Gasteiger partial charge on any atom is -0.454 e. The molecule has 0 fully saturated rings. The number of methoxy groups -OCH3 is 3. The summed E-state index contributed by atoms with van der Waals surface area (Å²) in [5, 5.41) is 3.02. The highest BCUT2D eigenvalue weighted by molar-refractivity contribution is 6.05. The van der Waals surface area contributed by atoms with Gasteiger partial charge >= 0.3 is 0 Å². The summed E-state index contributed by atoms with van der Waals surface area (Å²) in [4.78, 5) is 12.9. The van der Waals surface area contributed by atoms with Crippen LogP contribution in [0.3, 0.4) is 0 Å². The maximum absolute atomic E-state index is 12.9. The van der Waals surface area contributed by atoms with Gasteiger partial charge in [0.25, 0.3) is 5.91 Å². The van der Waals surface area contributed by atoms with E-state index in [9.17, 15) is 4.79 Å². The molecule has 1 N–H and O–H groups in total. The van der Waals surface area contributed by atoms with Crippen molar-refractivity contribution in [2.45, 2.75) is 24.4 Å². The summed E-state index contributed by atoms with van der Waals surface area (Å²) < 4.78 is 43.9. The van der Waals surface area contributed by atoms with Gasteiger partial charge in [-0.1, -0.05) is 0 Å². The van der Waals surface area contributed by atoms with E-state index < -0.39 is 24.4 Å². The quantitative estimate of drug-likeness (QED) is 0.580. The van der Waals surface area contributed by atoms with Gasteiger partial charge in [-0.25, -0.2) is 0 Å². The number of rotatable bonds is 9. The van der Waals surface area contributed by atoms with E-state index in [-0.39, 0.29) is 33.1 Å². The molecule has 0 saturated heterocycles. The normalized spacial score (nSPS) is 26.6. The Hall–Kier alpha value is -2.21. The highest BCUT2D eigenvalue weighted by Gasteiger charge is 2.47. The van der Waals surface area contributed by atoms with Crippen LogP contribution < -0.4 is 14.8 Å². The smallest absolute Gasteiger partial charge is 0.252 e. The minimum atomic E-state index is -0.593. The highest BCUT2D eigenvalue weighted by Crippen LogP contribution is 2.42. The Morgan fingerprint density at radius 3 is 2.17 bits per heavy atom. The lowest BCUT2D eigenvalue weighted by Gasteiger charge is -2.43. The van der Waals surface area contributed by atoms with E-state index in [1.807, 2.05) is 12.1 Å². The maximum atomic E-state index is 12.9. The van der Waals surface area contributed by atoms with Crippen molar-refractivity contribution >= 4 is 11.5 Å². The SMILES string of the molecule is COCO[C@H]1[C@H](OCOC)[C@H]2NC(=O)c3cc4c(cc3C2=C[C@H]1OCOC)OCO4. The van der Waals surface area contributed by atoms with Crippen LogP contribution in [0.1, 0.15) is 15.9 Å². The highest BCUT2D eigenvalue weighted by atomic mass is 16.7. The van der Waals surface area contributed by atoms with E-state index >= 15 is 0 Å². The third-order valence-corrected chi connectivity index (χ3v) is 5.15. The lowest BCUT2D eigenvalue weighted by atomic mass is 9.79. The van der Waals surface area contributed by atoms with Crippen molar-refractivity contribution in [1.29, 1.82) is 0 Å². The van der Waals surface area contributed by atoms with E-state index in [0.717, 1.165) is 11.1 Å². The Labute approximate surface area is 173 Å². The van der Waals surface area contributed by atoms with Crippen molar-refractivity contribution in [2.24, 2.45) is 0 Å². The predicted octanol–water partition coefficient (Wildman–Crippen LogP) is 0.892. The molecule has 0 bridgehead atoms. The lowest BCUT2D eigenvalue weighted by Crippen LogP contribution is -2.59. The second-order valence-electron chi connectivity index (χ2n) is 6.94. The van der Waals surface area contributed by atoms with Crippen LogP contribution in [0, 0.1) is 0 Å². The lowest BCUT2D eigenvalue weighted by molar-refractivity contribution is -0.202. The summed E-state index contributed by atoms with van der Waals surface area (Å²) in [6.07, 6.45) is 0.239. The average molecular weight is 423 g/mol. The van der Waals surface area contributed by atoms with Crippen LogP contribution in [0.2, 0.25) is 0 Å². The van der Waals surface area contributed by atoms with Crippen molar-refractivity contribution in [1.82, 2.24) is 5.32 Å². The molecule has 0 aromatic heterocycles. The van der Waals surface area contributed by atoms with Gasteiger partial charge in [0.2, 0.25) is 6.79 Å². The van der Waals surface area contributed by atoms with E-state index in [0.29, 0.717) is 17.1 Å². The average Bonchev–Trinajstić information content (AvgIpc) is 3.22. The first-order valence-electron chi connectivity index (χ1n) is 9.46. The molecule has 0 spiro atoms. The molecular formula is C20H25NO9. The van der Waals surface area contributed by atoms with Crippen molar-refractivity contribution in [3.63, 3.8) is 0 Å². The number of hydrogen-bond donors (Lipinski definition) is 1. The number of hydrogen-bond acceptors (Lipinski definition) is 9. The second-order valence-corrected chi connectivity index (χ2v) is 6.94. The van der Waals surface area contributed by atoms with E-state index in [4.69, 9.17) is 37.9 Å². The summed E-state index contributed by atoms with van der Waals surface area (Å²) in [6.45, 7) is 0.226. The van der Waals surface area contributed by atoms with E-state index in [2.05, 4.69) is 5.32 Å². The molecule has 0 unspecified atom stereocenters. The molecule has 164 valence electrons. The standard InChI is InChI=1S/C20H25NO9/c1-23-7-26-16-5-12-11-4-14-15(28-10-27-14)6-13(11)20(22)21-17(12)19(30-9-25-3)18(16)29-8-24-2/h4-6,16-19H,7-10H2,1-3H3,(H,21,22)/t16-,17+,18-,19-/m1/s1. The molecule has 10 nitrogen and oxygen atoms in total. The minimum absolute atomic E-state index is 0.0160. The van der Waals surface area contributed by atoms with E-state index in [1.165, 1.54) is 14.2 Å². The van der Waals surface area contributed by atoms with Gasteiger partial charge in [-0.3, -0.25) is 4.79 Å². The fraction of sp³-hybridized carbons (Fsp3) is 0.550. The zero-order valence-electron chi connectivity index (χ0n) is 17.0.